The number of guanidine groups is 1. The molecule has 0 saturated heterocycles. The summed E-state index contributed by atoms with van der Waals surface area (Å²) in [7, 11) is 1.78. The maximum absolute atomic E-state index is 5.89. The summed E-state index contributed by atoms with van der Waals surface area (Å²) in [5.41, 5.74) is 2.13. The van der Waals surface area contributed by atoms with Crippen LogP contribution in [0, 0.1) is 0 Å². The first-order valence-electron chi connectivity index (χ1n) is 8.88. The minimum absolute atomic E-state index is 0. The zero-order valence-corrected chi connectivity index (χ0v) is 17.9. The Morgan fingerprint density at radius 2 is 1.88 bits per heavy atom. The Bertz CT molecular complexity index is 649. The number of halogens is 1. The average Bonchev–Trinajstić information content (AvgIpc) is 2.67. The summed E-state index contributed by atoms with van der Waals surface area (Å²) in [6, 6.07) is 14.0. The highest BCUT2D eigenvalue weighted by Gasteiger charge is 2.06. The minimum atomic E-state index is 0. The molecule has 1 aromatic carbocycles. The Morgan fingerprint density at radius 1 is 1.08 bits per heavy atom. The van der Waals surface area contributed by atoms with E-state index in [0.717, 1.165) is 30.1 Å². The lowest BCUT2D eigenvalue weighted by Gasteiger charge is -2.14. The lowest BCUT2D eigenvalue weighted by Crippen LogP contribution is -2.37. The van der Waals surface area contributed by atoms with Crippen LogP contribution in [0.15, 0.2) is 53.7 Å². The van der Waals surface area contributed by atoms with Crippen molar-refractivity contribution in [3.05, 3.63) is 59.8 Å². The van der Waals surface area contributed by atoms with E-state index >= 15 is 0 Å². The third-order valence-electron chi connectivity index (χ3n) is 3.81. The number of pyridine rings is 1. The first kappa shape index (κ1) is 22.2. The highest BCUT2D eigenvalue weighted by molar-refractivity contribution is 14.0. The molecule has 2 N–H and O–H groups in total. The molecule has 0 saturated carbocycles. The van der Waals surface area contributed by atoms with Gasteiger partial charge in [-0.05, 0) is 18.1 Å². The highest BCUT2D eigenvalue weighted by Crippen LogP contribution is 2.15. The van der Waals surface area contributed by atoms with Gasteiger partial charge in [-0.3, -0.25) is 4.99 Å². The molecule has 0 bridgehead atoms. The number of nitrogens with zero attached hydrogens (tertiary/aromatic N) is 2. The maximum atomic E-state index is 5.89. The number of hydrogen-bond acceptors (Lipinski definition) is 3. The molecule has 142 valence electrons. The summed E-state index contributed by atoms with van der Waals surface area (Å²) < 4.78 is 5.89. The largest absolute Gasteiger partial charge is 0.473 e. The van der Waals surface area contributed by atoms with Crippen molar-refractivity contribution >= 4 is 29.9 Å². The standard InChI is InChI=1S/C20H28N4O.HI/c1-3-4-8-13-23-20(21-2)24-15-18-12-9-14-22-19(18)25-16-17-10-6-5-7-11-17;/h5-7,9-12,14H,3-4,8,13,15-16H2,1-2H3,(H2,21,23,24);1H. The maximum Gasteiger partial charge on any atom is 0.218 e. The fourth-order valence-electron chi connectivity index (χ4n) is 2.40. The summed E-state index contributed by atoms with van der Waals surface area (Å²) in [5, 5.41) is 6.65. The van der Waals surface area contributed by atoms with Crippen molar-refractivity contribution in [2.24, 2.45) is 4.99 Å². The van der Waals surface area contributed by atoms with Gasteiger partial charge in [-0.1, -0.05) is 56.2 Å². The first-order chi connectivity index (χ1) is 12.3. The summed E-state index contributed by atoms with van der Waals surface area (Å²) in [6.45, 7) is 4.25. The minimum Gasteiger partial charge on any atom is -0.473 e. The number of aliphatic imine (C=N–C) groups is 1. The molecular weight excluding hydrogens is 439 g/mol. The number of benzene rings is 1. The van der Waals surface area contributed by atoms with Gasteiger partial charge < -0.3 is 15.4 Å². The van der Waals surface area contributed by atoms with E-state index in [-0.39, 0.29) is 24.0 Å². The predicted molar refractivity (Wildman–Crippen MR) is 118 cm³/mol. The number of rotatable bonds is 9. The van der Waals surface area contributed by atoms with Crippen molar-refractivity contribution in [3.8, 4) is 5.88 Å². The van der Waals surface area contributed by atoms with Gasteiger partial charge in [-0.25, -0.2) is 4.98 Å². The van der Waals surface area contributed by atoms with Gasteiger partial charge in [0.2, 0.25) is 5.88 Å². The fraction of sp³-hybridized carbons (Fsp3) is 0.400. The van der Waals surface area contributed by atoms with E-state index in [1.54, 1.807) is 13.2 Å². The smallest absolute Gasteiger partial charge is 0.218 e. The third-order valence-corrected chi connectivity index (χ3v) is 3.81. The van der Waals surface area contributed by atoms with Gasteiger partial charge >= 0.3 is 0 Å². The SMILES string of the molecule is CCCCCNC(=NC)NCc1cccnc1OCc1ccccc1.I. The van der Waals surface area contributed by atoms with Gasteiger partial charge in [-0.2, -0.15) is 0 Å². The number of hydrogen-bond donors (Lipinski definition) is 2. The van der Waals surface area contributed by atoms with Crippen molar-refractivity contribution in [3.63, 3.8) is 0 Å². The van der Waals surface area contributed by atoms with Crippen molar-refractivity contribution in [1.29, 1.82) is 0 Å². The summed E-state index contributed by atoms with van der Waals surface area (Å²) in [5.74, 6) is 1.45. The van der Waals surface area contributed by atoms with Gasteiger partial charge in [0.05, 0.1) is 0 Å². The second kappa shape index (κ2) is 13.4. The van der Waals surface area contributed by atoms with Crippen LogP contribution >= 0.6 is 24.0 Å². The molecule has 26 heavy (non-hydrogen) atoms. The zero-order valence-electron chi connectivity index (χ0n) is 15.6. The van der Waals surface area contributed by atoms with Crippen LogP contribution in [0.4, 0.5) is 0 Å². The molecule has 0 aliphatic rings. The molecular formula is C20H29IN4O. The Labute approximate surface area is 173 Å². The Kier molecular flexibility index (Phi) is 11.4. The highest BCUT2D eigenvalue weighted by atomic mass is 127. The second-order valence-electron chi connectivity index (χ2n) is 5.80. The summed E-state index contributed by atoms with van der Waals surface area (Å²) >= 11 is 0. The summed E-state index contributed by atoms with van der Waals surface area (Å²) in [6.07, 6.45) is 5.34. The monoisotopic (exact) mass is 468 g/mol. The number of unbranched alkanes of at least 4 members (excludes halogenated alkanes) is 2. The molecule has 0 spiro atoms. The third kappa shape index (κ3) is 8.03. The van der Waals surface area contributed by atoms with Crippen LogP contribution in [0.3, 0.4) is 0 Å². The number of ether oxygens (including phenoxy) is 1. The lowest BCUT2D eigenvalue weighted by atomic mass is 10.2. The van der Waals surface area contributed by atoms with Crippen molar-refractivity contribution in [2.75, 3.05) is 13.6 Å². The number of nitrogens with one attached hydrogen (secondary N) is 2. The normalized spacial score (nSPS) is 10.8. The van der Waals surface area contributed by atoms with Crippen LogP contribution in [0.2, 0.25) is 0 Å². The van der Waals surface area contributed by atoms with E-state index in [1.807, 2.05) is 42.5 Å². The molecule has 0 atom stereocenters. The molecule has 0 radical (unpaired) electrons. The second-order valence-corrected chi connectivity index (χ2v) is 5.80. The molecule has 0 fully saturated rings. The topological polar surface area (TPSA) is 58.5 Å². The molecule has 1 heterocycles. The fourth-order valence-corrected chi connectivity index (χ4v) is 2.40. The summed E-state index contributed by atoms with van der Waals surface area (Å²) in [4.78, 5) is 8.62. The van der Waals surface area contributed by atoms with Crippen LogP contribution in [0.5, 0.6) is 5.88 Å². The van der Waals surface area contributed by atoms with Gasteiger partial charge in [0.25, 0.3) is 0 Å². The van der Waals surface area contributed by atoms with Gasteiger partial charge in [0.1, 0.15) is 6.61 Å². The molecule has 0 aliphatic carbocycles. The first-order valence-corrected chi connectivity index (χ1v) is 8.88. The number of aromatic nitrogens is 1. The van der Waals surface area contributed by atoms with Crippen molar-refractivity contribution in [1.82, 2.24) is 15.6 Å². The Balaban J connectivity index is 0.00000338. The van der Waals surface area contributed by atoms with Crippen molar-refractivity contribution in [2.45, 2.75) is 39.3 Å². The molecule has 0 unspecified atom stereocenters. The molecule has 0 aliphatic heterocycles. The molecule has 6 heteroatoms. The van der Waals surface area contributed by atoms with Gasteiger partial charge in [0.15, 0.2) is 5.96 Å². The van der Waals surface area contributed by atoms with Crippen LogP contribution in [-0.2, 0) is 13.2 Å². The quantitative estimate of drug-likeness (QED) is 0.252. The molecule has 5 nitrogen and oxygen atoms in total. The van der Waals surface area contributed by atoms with Crippen LogP contribution < -0.4 is 15.4 Å². The van der Waals surface area contributed by atoms with Gasteiger partial charge in [-0.15, -0.1) is 24.0 Å². The van der Waals surface area contributed by atoms with E-state index < -0.39 is 0 Å². The van der Waals surface area contributed by atoms with Crippen molar-refractivity contribution < 1.29 is 4.74 Å². The van der Waals surface area contributed by atoms with Crippen LogP contribution in [-0.4, -0.2) is 24.5 Å². The van der Waals surface area contributed by atoms with E-state index in [2.05, 4.69) is 27.5 Å². The van der Waals surface area contributed by atoms with Crippen LogP contribution in [0.1, 0.15) is 37.3 Å². The zero-order chi connectivity index (χ0) is 17.7. The van der Waals surface area contributed by atoms with Gasteiger partial charge in [0, 0.05) is 31.9 Å². The van der Waals surface area contributed by atoms with E-state index in [4.69, 9.17) is 4.74 Å². The average molecular weight is 468 g/mol. The van der Waals surface area contributed by atoms with E-state index in [0.29, 0.717) is 19.0 Å². The molecule has 1 aromatic heterocycles. The predicted octanol–water partition coefficient (Wildman–Crippen LogP) is 4.13. The molecule has 2 aromatic rings. The molecule has 0 amide bonds. The van der Waals surface area contributed by atoms with E-state index in [9.17, 15) is 0 Å². The lowest BCUT2D eigenvalue weighted by molar-refractivity contribution is 0.290. The van der Waals surface area contributed by atoms with Crippen LogP contribution in [0.25, 0.3) is 0 Å². The molecule has 2 rings (SSSR count). The Morgan fingerprint density at radius 3 is 2.62 bits per heavy atom. The Hall–Kier alpha value is -1.83. The van der Waals surface area contributed by atoms with E-state index in [1.165, 1.54) is 12.8 Å².